The van der Waals surface area contributed by atoms with Crippen molar-refractivity contribution in [2.75, 3.05) is 0 Å². The van der Waals surface area contributed by atoms with Crippen LogP contribution < -0.4 is 0 Å². The molecular formula is C10H7ClN2O2. The Morgan fingerprint density at radius 2 is 2.27 bits per heavy atom. The second-order valence-electron chi connectivity index (χ2n) is 2.97. The van der Waals surface area contributed by atoms with Gasteiger partial charge in [0.25, 0.3) is 0 Å². The molecule has 0 saturated carbocycles. The Hall–Kier alpha value is -1.81. The number of carboxylic acid groups (broad SMARTS) is 1. The van der Waals surface area contributed by atoms with Crippen LogP contribution in [0.2, 0.25) is 5.15 Å². The topological polar surface area (TPSA) is 66.0 Å². The minimum Gasteiger partial charge on any atom is -0.478 e. The van der Waals surface area contributed by atoms with Gasteiger partial charge in [0.2, 0.25) is 0 Å². The van der Waals surface area contributed by atoms with E-state index in [0.29, 0.717) is 16.5 Å². The molecule has 1 aromatic carbocycles. The molecule has 0 saturated heterocycles. The maximum atomic E-state index is 10.7. The van der Waals surface area contributed by atoms with Crippen LogP contribution in [0.25, 0.3) is 11.4 Å². The van der Waals surface area contributed by atoms with Gasteiger partial charge < -0.3 is 10.1 Å². The van der Waals surface area contributed by atoms with Crippen molar-refractivity contribution in [1.29, 1.82) is 0 Å². The van der Waals surface area contributed by atoms with Gasteiger partial charge >= 0.3 is 5.97 Å². The lowest BCUT2D eigenvalue weighted by Gasteiger charge is -1.98. The molecule has 0 spiro atoms. The first-order chi connectivity index (χ1) is 7.16. The SMILES string of the molecule is O=C(O)c1cccc(-c2ncc(Cl)[nH]2)c1. The van der Waals surface area contributed by atoms with Gasteiger partial charge in [0, 0.05) is 5.56 Å². The van der Waals surface area contributed by atoms with Crippen molar-refractivity contribution in [1.82, 2.24) is 9.97 Å². The smallest absolute Gasteiger partial charge is 0.335 e. The second-order valence-corrected chi connectivity index (χ2v) is 3.37. The molecule has 2 N–H and O–H groups in total. The summed E-state index contributed by atoms with van der Waals surface area (Å²) in [6.45, 7) is 0. The van der Waals surface area contributed by atoms with Crippen molar-refractivity contribution in [3.8, 4) is 11.4 Å². The van der Waals surface area contributed by atoms with Gasteiger partial charge in [-0.2, -0.15) is 0 Å². The lowest BCUT2D eigenvalue weighted by molar-refractivity contribution is 0.0697. The predicted molar refractivity (Wildman–Crippen MR) is 56.0 cm³/mol. The molecule has 0 unspecified atom stereocenters. The van der Waals surface area contributed by atoms with Crippen molar-refractivity contribution in [2.24, 2.45) is 0 Å². The summed E-state index contributed by atoms with van der Waals surface area (Å²) in [4.78, 5) is 17.6. The number of rotatable bonds is 2. The van der Waals surface area contributed by atoms with Crippen molar-refractivity contribution in [3.63, 3.8) is 0 Å². The minimum atomic E-state index is -0.963. The highest BCUT2D eigenvalue weighted by molar-refractivity contribution is 6.29. The molecule has 0 radical (unpaired) electrons. The van der Waals surface area contributed by atoms with Crippen molar-refractivity contribution < 1.29 is 9.90 Å². The van der Waals surface area contributed by atoms with Crippen LogP contribution in [-0.4, -0.2) is 21.0 Å². The standard InChI is InChI=1S/C10H7ClN2O2/c11-8-5-12-9(13-8)6-2-1-3-7(4-6)10(14)15/h1-5H,(H,12,13)(H,14,15). The Labute approximate surface area is 90.5 Å². The number of hydrogen-bond donors (Lipinski definition) is 2. The molecule has 0 fully saturated rings. The molecule has 1 heterocycles. The maximum absolute atomic E-state index is 10.7. The number of H-pyrrole nitrogens is 1. The summed E-state index contributed by atoms with van der Waals surface area (Å²) >= 11 is 5.68. The van der Waals surface area contributed by atoms with Gasteiger partial charge in [-0.15, -0.1) is 0 Å². The van der Waals surface area contributed by atoms with Gasteiger partial charge in [-0.1, -0.05) is 23.7 Å². The Kier molecular flexibility index (Phi) is 2.43. The number of nitrogens with zero attached hydrogens (tertiary/aromatic N) is 1. The molecule has 0 bridgehead atoms. The van der Waals surface area contributed by atoms with Gasteiger partial charge in [-0.3, -0.25) is 0 Å². The molecule has 0 amide bonds. The highest BCUT2D eigenvalue weighted by Crippen LogP contribution is 2.18. The zero-order chi connectivity index (χ0) is 10.8. The summed E-state index contributed by atoms with van der Waals surface area (Å²) in [5.41, 5.74) is 0.918. The predicted octanol–water partition coefficient (Wildman–Crippen LogP) is 2.43. The van der Waals surface area contributed by atoms with Crippen LogP contribution in [0.1, 0.15) is 10.4 Å². The van der Waals surface area contributed by atoms with Crippen LogP contribution in [0.15, 0.2) is 30.5 Å². The van der Waals surface area contributed by atoms with E-state index in [1.165, 1.54) is 18.3 Å². The van der Waals surface area contributed by atoms with Crippen LogP contribution >= 0.6 is 11.6 Å². The number of aromatic amines is 1. The van der Waals surface area contributed by atoms with E-state index in [9.17, 15) is 4.79 Å². The summed E-state index contributed by atoms with van der Waals surface area (Å²) < 4.78 is 0. The molecule has 0 aliphatic carbocycles. The van der Waals surface area contributed by atoms with Crippen molar-refractivity contribution in [3.05, 3.63) is 41.2 Å². The molecule has 2 aromatic rings. The zero-order valence-electron chi connectivity index (χ0n) is 7.57. The van der Waals surface area contributed by atoms with Crippen LogP contribution in [-0.2, 0) is 0 Å². The van der Waals surface area contributed by atoms with Crippen LogP contribution in [0.4, 0.5) is 0 Å². The van der Waals surface area contributed by atoms with Crippen LogP contribution in [0.5, 0.6) is 0 Å². The highest BCUT2D eigenvalue weighted by Gasteiger charge is 2.06. The third-order valence-electron chi connectivity index (χ3n) is 1.93. The number of imidazole rings is 1. The third kappa shape index (κ3) is 1.99. The largest absolute Gasteiger partial charge is 0.478 e. The molecule has 76 valence electrons. The molecule has 0 aliphatic heterocycles. The van der Waals surface area contributed by atoms with Crippen molar-refractivity contribution in [2.45, 2.75) is 0 Å². The lowest BCUT2D eigenvalue weighted by atomic mass is 10.1. The van der Waals surface area contributed by atoms with Gasteiger partial charge in [0.1, 0.15) is 11.0 Å². The van der Waals surface area contributed by atoms with E-state index in [-0.39, 0.29) is 5.56 Å². The Morgan fingerprint density at radius 1 is 1.47 bits per heavy atom. The Morgan fingerprint density at radius 3 is 2.87 bits per heavy atom. The summed E-state index contributed by atoms with van der Waals surface area (Å²) in [5.74, 6) is -0.405. The van der Waals surface area contributed by atoms with E-state index in [2.05, 4.69) is 9.97 Å². The lowest BCUT2D eigenvalue weighted by Crippen LogP contribution is -1.95. The summed E-state index contributed by atoms with van der Waals surface area (Å²) in [7, 11) is 0. The van der Waals surface area contributed by atoms with E-state index in [1.54, 1.807) is 12.1 Å². The number of aromatic carboxylic acids is 1. The summed E-state index contributed by atoms with van der Waals surface area (Å²) in [5, 5.41) is 9.23. The van der Waals surface area contributed by atoms with E-state index in [0.717, 1.165) is 0 Å². The monoisotopic (exact) mass is 222 g/mol. The van der Waals surface area contributed by atoms with E-state index in [4.69, 9.17) is 16.7 Å². The molecule has 15 heavy (non-hydrogen) atoms. The number of carboxylic acids is 1. The van der Waals surface area contributed by atoms with E-state index < -0.39 is 5.97 Å². The number of nitrogens with one attached hydrogen (secondary N) is 1. The Bertz CT molecular complexity index is 508. The van der Waals surface area contributed by atoms with Crippen LogP contribution in [0, 0.1) is 0 Å². The molecule has 0 aliphatic rings. The molecular weight excluding hydrogens is 216 g/mol. The first kappa shape index (κ1) is 9.73. The molecule has 4 nitrogen and oxygen atoms in total. The average molecular weight is 223 g/mol. The van der Waals surface area contributed by atoms with Crippen molar-refractivity contribution >= 4 is 17.6 Å². The van der Waals surface area contributed by atoms with E-state index >= 15 is 0 Å². The van der Waals surface area contributed by atoms with Gasteiger partial charge in [0.05, 0.1) is 11.8 Å². The highest BCUT2D eigenvalue weighted by atomic mass is 35.5. The maximum Gasteiger partial charge on any atom is 0.335 e. The number of benzene rings is 1. The summed E-state index contributed by atoms with van der Waals surface area (Å²) in [6, 6.07) is 6.49. The quantitative estimate of drug-likeness (QED) is 0.820. The zero-order valence-corrected chi connectivity index (χ0v) is 8.32. The normalized spacial score (nSPS) is 10.2. The number of carbonyl (C=O) groups is 1. The molecule has 5 heteroatoms. The molecule has 2 rings (SSSR count). The third-order valence-corrected chi connectivity index (χ3v) is 2.12. The molecule has 1 aromatic heterocycles. The molecule has 0 atom stereocenters. The number of halogens is 1. The number of aromatic nitrogens is 2. The average Bonchev–Trinajstić information content (AvgIpc) is 2.65. The fraction of sp³-hybridized carbons (Fsp3) is 0. The van der Waals surface area contributed by atoms with Gasteiger partial charge in [-0.05, 0) is 12.1 Å². The fourth-order valence-electron chi connectivity index (χ4n) is 1.25. The summed E-state index contributed by atoms with van der Waals surface area (Å²) in [6.07, 6.45) is 1.48. The number of hydrogen-bond acceptors (Lipinski definition) is 2. The first-order valence-electron chi connectivity index (χ1n) is 4.21. The second kappa shape index (κ2) is 3.74. The minimum absolute atomic E-state index is 0.222. The van der Waals surface area contributed by atoms with Gasteiger partial charge in [0.15, 0.2) is 0 Å². The fourth-order valence-corrected chi connectivity index (χ4v) is 1.38. The Balaban J connectivity index is 2.45. The van der Waals surface area contributed by atoms with Gasteiger partial charge in [-0.25, -0.2) is 9.78 Å². The first-order valence-corrected chi connectivity index (χ1v) is 4.59. The van der Waals surface area contributed by atoms with Crippen LogP contribution in [0.3, 0.4) is 0 Å². The van der Waals surface area contributed by atoms with E-state index in [1.807, 2.05) is 0 Å².